The second-order valence-corrected chi connectivity index (χ2v) is 5.63. The van der Waals surface area contributed by atoms with Crippen LogP contribution < -0.4 is 4.90 Å². The van der Waals surface area contributed by atoms with Crippen molar-refractivity contribution in [2.24, 2.45) is 0 Å². The van der Waals surface area contributed by atoms with Gasteiger partial charge in [0.1, 0.15) is 11.6 Å². The van der Waals surface area contributed by atoms with E-state index in [0.717, 1.165) is 24.6 Å². The second kappa shape index (κ2) is 6.33. The average Bonchev–Trinajstić information content (AvgIpc) is 2.41. The first kappa shape index (κ1) is 14.3. The van der Waals surface area contributed by atoms with E-state index in [4.69, 9.17) is 0 Å². The highest BCUT2D eigenvalue weighted by Crippen LogP contribution is 2.21. The van der Waals surface area contributed by atoms with Crippen molar-refractivity contribution in [3.63, 3.8) is 0 Å². The highest BCUT2D eigenvalue weighted by Gasteiger charge is 2.21. The fraction of sp³-hybridized carbons (Fsp3) is 0.733. The van der Waals surface area contributed by atoms with E-state index in [-0.39, 0.29) is 0 Å². The van der Waals surface area contributed by atoms with Crippen LogP contribution in [0.25, 0.3) is 0 Å². The zero-order valence-electron chi connectivity index (χ0n) is 12.7. The molecule has 0 aromatic carbocycles. The fourth-order valence-electron chi connectivity index (χ4n) is 2.84. The molecule has 106 valence electrons. The van der Waals surface area contributed by atoms with Crippen LogP contribution in [0.1, 0.15) is 37.6 Å². The van der Waals surface area contributed by atoms with Gasteiger partial charge in [-0.05, 0) is 39.8 Å². The number of hydrogen-bond acceptors (Lipinski definition) is 4. The Bertz CT molecular complexity index is 419. The Balaban J connectivity index is 2.10. The molecule has 2 heterocycles. The Morgan fingerprint density at radius 2 is 2.21 bits per heavy atom. The summed E-state index contributed by atoms with van der Waals surface area (Å²) in [4.78, 5) is 13.7. The average molecular weight is 262 g/mol. The molecule has 0 bridgehead atoms. The van der Waals surface area contributed by atoms with Crippen molar-refractivity contribution in [3.05, 3.63) is 17.6 Å². The normalized spacial score (nSPS) is 20.5. The first-order valence-corrected chi connectivity index (χ1v) is 7.35. The number of aromatic nitrogens is 2. The first-order valence-electron chi connectivity index (χ1n) is 7.35. The first-order chi connectivity index (χ1) is 9.11. The van der Waals surface area contributed by atoms with E-state index in [9.17, 15) is 0 Å². The summed E-state index contributed by atoms with van der Waals surface area (Å²) >= 11 is 0. The number of aryl methyl sites for hydroxylation is 2. The van der Waals surface area contributed by atoms with Gasteiger partial charge in [-0.25, -0.2) is 9.97 Å². The van der Waals surface area contributed by atoms with E-state index in [1.807, 2.05) is 13.1 Å². The topological polar surface area (TPSA) is 32.3 Å². The third kappa shape index (κ3) is 3.44. The molecule has 0 N–H and O–H groups in total. The van der Waals surface area contributed by atoms with Gasteiger partial charge in [-0.15, -0.1) is 0 Å². The summed E-state index contributed by atoms with van der Waals surface area (Å²) < 4.78 is 0. The number of nitrogens with zero attached hydrogens (tertiary/aromatic N) is 4. The molecular weight excluding hydrogens is 236 g/mol. The standard InChI is InChI=1S/C15H26N4/c1-5-13-10-16-12(2)17-15(13)19(4)11-14-8-6-7-9-18(14)3/h10,14H,5-9,11H2,1-4H3/t14-/m1/s1. The Morgan fingerprint density at radius 1 is 1.42 bits per heavy atom. The van der Waals surface area contributed by atoms with Crippen molar-refractivity contribution in [2.45, 2.75) is 45.6 Å². The molecule has 1 aromatic heterocycles. The quantitative estimate of drug-likeness (QED) is 0.833. The molecular formula is C15H26N4. The van der Waals surface area contributed by atoms with Gasteiger partial charge in [-0.3, -0.25) is 0 Å². The van der Waals surface area contributed by atoms with Crippen LogP contribution in [0.15, 0.2) is 6.20 Å². The molecule has 1 aromatic rings. The van der Waals surface area contributed by atoms with Crippen LogP contribution in [0.3, 0.4) is 0 Å². The maximum absolute atomic E-state index is 4.63. The van der Waals surface area contributed by atoms with Crippen LogP contribution in [0, 0.1) is 6.92 Å². The van der Waals surface area contributed by atoms with Crippen LogP contribution in [-0.2, 0) is 6.42 Å². The SMILES string of the molecule is CCc1cnc(C)nc1N(C)C[C@H]1CCCCN1C. The summed E-state index contributed by atoms with van der Waals surface area (Å²) in [6.07, 6.45) is 6.95. The van der Waals surface area contributed by atoms with Gasteiger partial charge >= 0.3 is 0 Å². The number of rotatable bonds is 4. The number of likely N-dealkylation sites (tertiary alicyclic amines) is 1. The van der Waals surface area contributed by atoms with Crippen LogP contribution in [-0.4, -0.2) is 48.1 Å². The predicted molar refractivity (Wildman–Crippen MR) is 79.7 cm³/mol. The number of anilines is 1. The van der Waals surface area contributed by atoms with Crippen molar-refractivity contribution >= 4 is 5.82 Å². The molecule has 19 heavy (non-hydrogen) atoms. The van der Waals surface area contributed by atoms with E-state index in [1.165, 1.54) is 31.4 Å². The van der Waals surface area contributed by atoms with Gasteiger partial charge in [0, 0.05) is 31.4 Å². The summed E-state index contributed by atoms with van der Waals surface area (Å²) in [6, 6.07) is 0.652. The van der Waals surface area contributed by atoms with E-state index in [1.54, 1.807) is 0 Å². The lowest BCUT2D eigenvalue weighted by molar-refractivity contribution is 0.189. The Morgan fingerprint density at radius 3 is 2.89 bits per heavy atom. The van der Waals surface area contributed by atoms with Crippen LogP contribution in [0.5, 0.6) is 0 Å². The molecule has 0 unspecified atom stereocenters. The molecule has 2 rings (SSSR count). The fourth-order valence-corrected chi connectivity index (χ4v) is 2.84. The van der Waals surface area contributed by atoms with E-state index in [0.29, 0.717) is 6.04 Å². The van der Waals surface area contributed by atoms with Gasteiger partial charge in [0.25, 0.3) is 0 Å². The Labute approximate surface area is 116 Å². The lowest BCUT2D eigenvalue weighted by atomic mass is 10.0. The molecule has 4 heteroatoms. The molecule has 1 fully saturated rings. The van der Waals surface area contributed by atoms with Gasteiger partial charge in [0.2, 0.25) is 0 Å². The van der Waals surface area contributed by atoms with Crippen molar-refractivity contribution < 1.29 is 0 Å². The zero-order chi connectivity index (χ0) is 13.8. The van der Waals surface area contributed by atoms with Crippen LogP contribution >= 0.6 is 0 Å². The summed E-state index contributed by atoms with van der Waals surface area (Å²) in [5.41, 5.74) is 1.24. The predicted octanol–water partition coefficient (Wildman–Crippen LogP) is 2.27. The molecule has 1 aliphatic heterocycles. The minimum atomic E-state index is 0.652. The van der Waals surface area contributed by atoms with Crippen molar-refractivity contribution in [1.29, 1.82) is 0 Å². The molecule has 1 aliphatic rings. The van der Waals surface area contributed by atoms with Gasteiger partial charge in [-0.1, -0.05) is 13.3 Å². The van der Waals surface area contributed by atoms with Gasteiger partial charge in [-0.2, -0.15) is 0 Å². The Hall–Kier alpha value is -1.16. The highest BCUT2D eigenvalue weighted by atomic mass is 15.2. The van der Waals surface area contributed by atoms with Crippen LogP contribution in [0.4, 0.5) is 5.82 Å². The third-order valence-corrected chi connectivity index (χ3v) is 4.11. The molecule has 1 atom stereocenters. The molecule has 0 radical (unpaired) electrons. The smallest absolute Gasteiger partial charge is 0.135 e. The van der Waals surface area contributed by atoms with Crippen LogP contribution in [0.2, 0.25) is 0 Å². The van der Waals surface area contributed by atoms with Gasteiger partial charge in [0.05, 0.1) is 0 Å². The number of hydrogen-bond donors (Lipinski definition) is 0. The summed E-state index contributed by atoms with van der Waals surface area (Å²) in [5, 5.41) is 0. The maximum atomic E-state index is 4.63. The van der Waals surface area contributed by atoms with Gasteiger partial charge < -0.3 is 9.80 Å². The molecule has 0 spiro atoms. The van der Waals surface area contributed by atoms with E-state index in [2.05, 4.69) is 40.8 Å². The summed E-state index contributed by atoms with van der Waals surface area (Å²) in [7, 11) is 4.40. The highest BCUT2D eigenvalue weighted by molar-refractivity contribution is 5.45. The summed E-state index contributed by atoms with van der Waals surface area (Å²) in [6.45, 7) is 6.41. The van der Waals surface area contributed by atoms with Gasteiger partial charge in [0.15, 0.2) is 0 Å². The maximum Gasteiger partial charge on any atom is 0.135 e. The van der Waals surface area contributed by atoms with Crippen molar-refractivity contribution in [3.8, 4) is 0 Å². The summed E-state index contributed by atoms with van der Waals surface area (Å²) in [5.74, 6) is 1.96. The monoisotopic (exact) mass is 262 g/mol. The number of piperidine rings is 1. The third-order valence-electron chi connectivity index (χ3n) is 4.11. The molecule has 0 amide bonds. The minimum absolute atomic E-state index is 0.652. The lowest BCUT2D eigenvalue weighted by Gasteiger charge is -2.35. The minimum Gasteiger partial charge on any atom is -0.358 e. The van der Waals surface area contributed by atoms with Crippen molar-refractivity contribution in [2.75, 3.05) is 32.1 Å². The zero-order valence-corrected chi connectivity index (χ0v) is 12.7. The van der Waals surface area contributed by atoms with E-state index >= 15 is 0 Å². The largest absolute Gasteiger partial charge is 0.358 e. The molecule has 1 saturated heterocycles. The van der Waals surface area contributed by atoms with Crippen molar-refractivity contribution in [1.82, 2.24) is 14.9 Å². The lowest BCUT2D eigenvalue weighted by Crippen LogP contribution is -2.44. The Kier molecular flexibility index (Phi) is 4.75. The van der Waals surface area contributed by atoms with E-state index < -0.39 is 0 Å². The second-order valence-electron chi connectivity index (χ2n) is 5.63. The molecule has 4 nitrogen and oxygen atoms in total. The molecule has 0 aliphatic carbocycles. The molecule has 0 saturated carbocycles. The number of likely N-dealkylation sites (N-methyl/N-ethyl adjacent to an activating group) is 2.